The van der Waals surface area contributed by atoms with Crippen LogP contribution < -0.4 is 15.0 Å². The molecule has 3 heterocycles. The molecule has 0 bridgehead atoms. The van der Waals surface area contributed by atoms with Gasteiger partial charge in [-0.05, 0) is 67.1 Å². The average Bonchev–Trinajstić information content (AvgIpc) is 3.45. The highest BCUT2D eigenvalue weighted by Gasteiger charge is 2.49. The summed E-state index contributed by atoms with van der Waals surface area (Å²) in [5, 5.41) is 4.87. The first-order valence-corrected chi connectivity index (χ1v) is 13.9. The van der Waals surface area contributed by atoms with Crippen molar-refractivity contribution in [2.45, 2.75) is 19.0 Å². The Morgan fingerprint density at radius 2 is 1.65 bits per heavy atom. The number of aromatic nitrogens is 2. The van der Waals surface area contributed by atoms with Crippen molar-refractivity contribution in [1.29, 1.82) is 0 Å². The van der Waals surface area contributed by atoms with E-state index in [0.29, 0.717) is 29.2 Å². The number of methoxy groups -OCH3 is 1. The number of ether oxygens (including phenoxy) is 1. The molecule has 1 aliphatic heterocycles. The Bertz CT molecular complexity index is 2040. The fourth-order valence-corrected chi connectivity index (χ4v) is 5.95. The molecule has 1 N–H and O–H groups in total. The van der Waals surface area contributed by atoms with Gasteiger partial charge < -0.3 is 14.6 Å². The van der Waals surface area contributed by atoms with Crippen molar-refractivity contribution in [3.63, 3.8) is 0 Å². The fraction of sp³-hybridized carbons (Fsp3) is 0.114. The first kappa shape index (κ1) is 26.4. The van der Waals surface area contributed by atoms with Crippen LogP contribution >= 0.6 is 0 Å². The Morgan fingerprint density at radius 3 is 2.42 bits per heavy atom. The lowest BCUT2D eigenvalue weighted by Gasteiger charge is -2.26. The highest BCUT2D eigenvalue weighted by atomic mass is 19.1. The Hall–Kier alpha value is -5.50. The van der Waals surface area contributed by atoms with Crippen LogP contribution in [-0.4, -0.2) is 28.5 Å². The van der Waals surface area contributed by atoms with Crippen molar-refractivity contribution in [2.24, 2.45) is 0 Å². The number of rotatable bonds is 6. The van der Waals surface area contributed by atoms with Crippen molar-refractivity contribution in [2.75, 3.05) is 12.0 Å². The van der Waals surface area contributed by atoms with Gasteiger partial charge in [0.05, 0.1) is 24.5 Å². The number of anilines is 2. The van der Waals surface area contributed by atoms with Crippen LogP contribution in [0.4, 0.5) is 15.8 Å². The molecular formula is C35H27FN4O3. The lowest BCUT2D eigenvalue weighted by Crippen LogP contribution is -2.50. The zero-order valence-corrected chi connectivity index (χ0v) is 23.5. The third-order valence-electron chi connectivity index (χ3n) is 8.14. The number of hydrogen-bond donors (Lipinski definition) is 1. The smallest absolute Gasteiger partial charge is 0.271 e. The summed E-state index contributed by atoms with van der Waals surface area (Å²) in [6.45, 7) is 2.32. The largest absolute Gasteiger partial charge is 0.497 e. The molecule has 0 saturated heterocycles. The van der Waals surface area contributed by atoms with E-state index < -0.39 is 17.3 Å². The number of amides is 2. The van der Waals surface area contributed by atoms with E-state index in [-0.39, 0.29) is 11.6 Å². The number of hydrogen-bond acceptors (Lipinski definition) is 4. The summed E-state index contributed by atoms with van der Waals surface area (Å²) in [5.41, 5.74) is 3.47. The average molecular weight is 571 g/mol. The standard InChI is InChI=1S/C35H27FN4O3/c1-35(28-18-25(43-2)16-17-31(28)40(34(35)42)24-14-12-23(36)13-15-24)38-33(41)29-19-27-26-10-6-7-11-30(26)39(32(27)20-37-29)21-22-8-4-3-5-9-22/h3-20H,21H2,1-2H3,(H,38,41)/t35-/m0/s1. The molecule has 0 unspecified atom stereocenters. The van der Waals surface area contributed by atoms with E-state index in [9.17, 15) is 14.0 Å². The number of nitrogens with one attached hydrogen (secondary N) is 1. The van der Waals surface area contributed by atoms with Gasteiger partial charge in [-0.3, -0.25) is 14.5 Å². The normalized spacial score (nSPS) is 16.1. The molecule has 212 valence electrons. The summed E-state index contributed by atoms with van der Waals surface area (Å²) < 4.78 is 21.3. The van der Waals surface area contributed by atoms with Gasteiger partial charge in [0.25, 0.3) is 11.8 Å². The maximum atomic E-state index is 14.1. The molecule has 0 radical (unpaired) electrons. The van der Waals surface area contributed by atoms with Crippen molar-refractivity contribution in [3.8, 4) is 5.75 Å². The van der Waals surface area contributed by atoms with Gasteiger partial charge in [-0.25, -0.2) is 9.37 Å². The predicted octanol–water partition coefficient (Wildman–Crippen LogP) is 6.71. The molecule has 1 atom stereocenters. The lowest BCUT2D eigenvalue weighted by atomic mass is 9.93. The molecule has 0 aliphatic carbocycles. The van der Waals surface area contributed by atoms with Gasteiger partial charge in [-0.15, -0.1) is 0 Å². The minimum atomic E-state index is -1.44. The number of para-hydroxylation sites is 1. The minimum Gasteiger partial charge on any atom is -0.497 e. The van der Waals surface area contributed by atoms with Crippen molar-refractivity contribution in [3.05, 3.63) is 132 Å². The minimum absolute atomic E-state index is 0.189. The van der Waals surface area contributed by atoms with Crippen LogP contribution in [0.2, 0.25) is 0 Å². The van der Waals surface area contributed by atoms with Gasteiger partial charge in [-0.1, -0.05) is 48.5 Å². The molecule has 2 aromatic heterocycles. The lowest BCUT2D eigenvalue weighted by molar-refractivity contribution is -0.122. The second-order valence-electron chi connectivity index (χ2n) is 10.8. The van der Waals surface area contributed by atoms with Crippen molar-refractivity contribution in [1.82, 2.24) is 14.9 Å². The van der Waals surface area contributed by atoms with Crippen LogP contribution in [0.15, 0.2) is 109 Å². The first-order chi connectivity index (χ1) is 20.9. The number of benzene rings is 4. The predicted molar refractivity (Wildman–Crippen MR) is 164 cm³/mol. The van der Waals surface area contributed by atoms with Gasteiger partial charge >= 0.3 is 0 Å². The number of nitrogens with zero attached hydrogens (tertiary/aromatic N) is 3. The van der Waals surface area contributed by atoms with Crippen LogP contribution in [0, 0.1) is 5.82 Å². The second kappa shape index (κ2) is 10.1. The molecule has 0 saturated carbocycles. The summed E-state index contributed by atoms with van der Waals surface area (Å²) in [5.74, 6) is -0.740. The summed E-state index contributed by atoms with van der Waals surface area (Å²) in [6.07, 6.45) is 1.72. The highest BCUT2D eigenvalue weighted by Crippen LogP contribution is 2.46. The Kier molecular flexibility index (Phi) is 6.20. The highest BCUT2D eigenvalue weighted by molar-refractivity contribution is 6.15. The molecule has 1 aliphatic rings. The summed E-state index contributed by atoms with van der Waals surface area (Å²) in [6, 6.07) is 30.9. The maximum Gasteiger partial charge on any atom is 0.271 e. The third kappa shape index (κ3) is 4.30. The SMILES string of the molecule is COc1ccc2c(c1)[C@](C)(NC(=O)c1cc3c4ccccc4n(Cc4ccccc4)c3cn1)C(=O)N2c1ccc(F)cc1. The molecule has 43 heavy (non-hydrogen) atoms. The summed E-state index contributed by atoms with van der Waals surface area (Å²) >= 11 is 0. The third-order valence-corrected chi connectivity index (χ3v) is 8.14. The zero-order valence-electron chi connectivity index (χ0n) is 23.5. The molecule has 4 aromatic carbocycles. The first-order valence-electron chi connectivity index (χ1n) is 13.9. The Labute approximate surface area is 247 Å². The van der Waals surface area contributed by atoms with Crippen LogP contribution in [0.3, 0.4) is 0 Å². The van der Waals surface area contributed by atoms with Crippen molar-refractivity contribution < 1.29 is 18.7 Å². The Balaban J connectivity index is 1.28. The fourth-order valence-electron chi connectivity index (χ4n) is 5.95. The molecule has 2 amide bonds. The monoisotopic (exact) mass is 570 g/mol. The van der Waals surface area contributed by atoms with Crippen molar-refractivity contribution >= 4 is 45.0 Å². The maximum absolute atomic E-state index is 14.1. The molecule has 6 aromatic rings. The number of carbonyl (C=O) groups is 2. The zero-order chi connectivity index (χ0) is 29.7. The van der Waals surface area contributed by atoms with Gasteiger partial charge in [0, 0.05) is 34.1 Å². The van der Waals surface area contributed by atoms with Gasteiger partial charge in [0.15, 0.2) is 0 Å². The molecular weight excluding hydrogens is 543 g/mol. The number of halogens is 1. The summed E-state index contributed by atoms with van der Waals surface area (Å²) in [7, 11) is 1.54. The molecule has 7 nitrogen and oxygen atoms in total. The quantitative estimate of drug-likeness (QED) is 0.242. The van der Waals surface area contributed by atoms with Crippen LogP contribution in [0.5, 0.6) is 5.75 Å². The number of fused-ring (bicyclic) bond motifs is 4. The van der Waals surface area contributed by atoms with Crippen LogP contribution in [0.1, 0.15) is 28.5 Å². The molecule has 7 rings (SSSR count). The van der Waals surface area contributed by atoms with E-state index in [1.807, 2.05) is 36.4 Å². The Morgan fingerprint density at radius 1 is 0.907 bits per heavy atom. The van der Waals surface area contributed by atoms with Gasteiger partial charge in [0.1, 0.15) is 22.8 Å². The van der Waals surface area contributed by atoms with E-state index in [2.05, 4.69) is 33.1 Å². The van der Waals surface area contributed by atoms with E-state index in [1.165, 1.54) is 29.2 Å². The topological polar surface area (TPSA) is 76.5 Å². The van der Waals surface area contributed by atoms with Gasteiger partial charge in [-0.2, -0.15) is 0 Å². The van der Waals surface area contributed by atoms with E-state index in [4.69, 9.17) is 4.74 Å². The van der Waals surface area contributed by atoms with Crippen LogP contribution in [-0.2, 0) is 16.9 Å². The van der Waals surface area contributed by atoms with E-state index in [0.717, 1.165) is 27.4 Å². The van der Waals surface area contributed by atoms with Crippen LogP contribution in [0.25, 0.3) is 21.8 Å². The van der Waals surface area contributed by atoms with Gasteiger partial charge in [0.2, 0.25) is 0 Å². The molecule has 8 heteroatoms. The van der Waals surface area contributed by atoms with E-state index >= 15 is 0 Å². The summed E-state index contributed by atoms with van der Waals surface area (Å²) in [4.78, 5) is 33.9. The number of pyridine rings is 1. The number of carbonyl (C=O) groups excluding carboxylic acids is 2. The second-order valence-corrected chi connectivity index (χ2v) is 10.8. The molecule has 0 spiro atoms. The molecule has 0 fully saturated rings. The van der Waals surface area contributed by atoms with E-state index in [1.54, 1.807) is 44.5 Å².